The first-order chi connectivity index (χ1) is 11.6. The van der Waals surface area contributed by atoms with Crippen molar-refractivity contribution in [2.75, 3.05) is 31.6 Å². The Kier molecular flexibility index (Phi) is 9.20. The van der Waals surface area contributed by atoms with Gasteiger partial charge in [-0.05, 0) is 48.8 Å². The molecule has 25 heavy (non-hydrogen) atoms. The highest BCUT2D eigenvalue weighted by molar-refractivity contribution is 7.12. The first kappa shape index (κ1) is 21.2. The molecule has 2 rings (SSSR count). The van der Waals surface area contributed by atoms with Crippen LogP contribution < -0.4 is 5.32 Å². The van der Waals surface area contributed by atoms with Crippen LogP contribution in [-0.2, 0) is 4.74 Å². The van der Waals surface area contributed by atoms with E-state index < -0.39 is 0 Å². The monoisotopic (exact) mass is 382 g/mol. The second-order valence-corrected chi connectivity index (χ2v) is 6.12. The number of nitrogens with one attached hydrogen (secondary N) is 1. The van der Waals surface area contributed by atoms with E-state index in [0.29, 0.717) is 22.7 Å². The largest absolute Gasteiger partial charge is 0.461 e. The molecule has 0 saturated carbocycles. The lowest BCUT2D eigenvalue weighted by molar-refractivity contribution is 0.0466. The molecule has 0 aliphatic heterocycles. The summed E-state index contributed by atoms with van der Waals surface area (Å²) in [5.41, 5.74) is 1.12. The molecule has 136 valence electrons. The van der Waals surface area contributed by atoms with Gasteiger partial charge in [-0.2, -0.15) is 0 Å². The number of thiophene rings is 1. The van der Waals surface area contributed by atoms with Crippen LogP contribution >= 0.6 is 23.7 Å². The number of anilines is 1. The maximum Gasteiger partial charge on any atom is 0.338 e. The van der Waals surface area contributed by atoms with Gasteiger partial charge in [-0.1, -0.05) is 19.9 Å². The molecule has 0 saturated heterocycles. The molecule has 1 aromatic carbocycles. The van der Waals surface area contributed by atoms with Crippen LogP contribution in [0.25, 0.3) is 0 Å². The lowest BCUT2D eigenvalue weighted by Crippen LogP contribution is -2.27. The molecular weight excluding hydrogens is 360 g/mol. The molecule has 1 amide bonds. The number of rotatable bonds is 8. The predicted molar refractivity (Wildman–Crippen MR) is 104 cm³/mol. The third-order valence-corrected chi connectivity index (χ3v) is 4.53. The number of halogens is 1. The van der Waals surface area contributed by atoms with Crippen molar-refractivity contribution in [1.82, 2.24) is 4.90 Å². The minimum atomic E-state index is -0.349. The van der Waals surface area contributed by atoms with Crippen molar-refractivity contribution in [3.63, 3.8) is 0 Å². The van der Waals surface area contributed by atoms with Gasteiger partial charge in [0.05, 0.1) is 10.4 Å². The van der Waals surface area contributed by atoms with Crippen molar-refractivity contribution in [1.29, 1.82) is 0 Å². The first-order valence-electron chi connectivity index (χ1n) is 7.98. The van der Waals surface area contributed by atoms with Crippen molar-refractivity contribution >= 4 is 41.3 Å². The fourth-order valence-electron chi connectivity index (χ4n) is 2.18. The van der Waals surface area contributed by atoms with E-state index in [1.807, 2.05) is 11.4 Å². The van der Waals surface area contributed by atoms with Crippen molar-refractivity contribution < 1.29 is 14.3 Å². The summed E-state index contributed by atoms with van der Waals surface area (Å²) in [4.78, 5) is 26.8. The number of hydrogen-bond acceptors (Lipinski definition) is 5. The van der Waals surface area contributed by atoms with Crippen molar-refractivity contribution in [2.24, 2.45) is 0 Å². The molecule has 1 aromatic heterocycles. The van der Waals surface area contributed by atoms with Gasteiger partial charge in [0.25, 0.3) is 5.91 Å². The van der Waals surface area contributed by atoms with Gasteiger partial charge in [0, 0.05) is 12.2 Å². The van der Waals surface area contributed by atoms with E-state index in [2.05, 4.69) is 24.1 Å². The summed E-state index contributed by atoms with van der Waals surface area (Å²) >= 11 is 1.38. The van der Waals surface area contributed by atoms with Crippen LogP contribution in [-0.4, -0.2) is 43.0 Å². The standard InChI is InChI=1S/C18H22N2O3S.ClH/c1-3-20(4-2)11-12-23-18(22)14-7-9-15(10-8-14)19-17(21)16-6-5-13-24-16;/h5-10,13H,3-4,11-12H2,1-2H3,(H,19,21);1H. The Morgan fingerprint density at radius 1 is 1.12 bits per heavy atom. The lowest BCUT2D eigenvalue weighted by atomic mass is 10.2. The molecule has 0 radical (unpaired) electrons. The summed E-state index contributed by atoms with van der Waals surface area (Å²) in [6.45, 7) is 7.13. The number of carbonyl (C=O) groups excluding carboxylic acids is 2. The number of ether oxygens (including phenoxy) is 1. The smallest absolute Gasteiger partial charge is 0.338 e. The molecule has 0 bridgehead atoms. The number of carbonyl (C=O) groups is 2. The van der Waals surface area contributed by atoms with Crippen LogP contribution in [0.3, 0.4) is 0 Å². The van der Waals surface area contributed by atoms with Crippen LogP contribution in [0.5, 0.6) is 0 Å². The SMILES string of the molecule is CCN(CC)CCOC(=O)c1ccc(NC(=O)c2cccs2)cc1.Cl. The number of nitrogens with zero attached hydrogens (tertiary/aromatic N) is 1. The first-order valence-corrected chi connectivity index (χ1v) is 8.86. The molecule has 0 spiro atoms. The van der Waals surface area contributed by atoms with Gasteiger partial charge in [-0.3, -0.25) is 4.79 Å². The summed E-state index contributed by atoms with van der Waals surface area (Å²) < 4.78 is 5.28. The van der Waals surface area contributed by atoms with E-state index in [4.69, 9.17) is 4.74 Å². The van der Waals surface area contributed by atoms with E-state index in [1.54, 1.807) is 30.3 Å². The number of hydrogen-bond donors (Lipinski definition) is 1. The molecule has 0 aliphatic carbocycles. The number of likely N-dealkylation sites (N-methyl/N-ethyl adjacent to an activating group) is 1. The number of amides is 1. The van der Waals surface area contributed by atoms with Gasteiger partial charge in [0.2, 0.25) is 0 Å². The van der Waals surface area contributed by atoms with Gasteiger partial charge in [0.1, 0.15) is 6.61 Å². The van der Waals surface area contributed by atoms with Crippen LogP contribution in [0.15, 0.2) is 41.8 Å². The fourth-order valence-corrected chi connectivity index (χ4v) is 2.80. The summed E-state index contributed by atoms with van der Waals surface area (Å²) in [7, 11) is 0. The molecule has 7 heteroatoms. The maximum absolute atomic E-state index is 12.0. The Morgan fingerprint density at radius 2 is 1.80 bits per heavy atom. The second-order valence-electron chi connectivity index (χ2n) is 5.17. The Hall–Kier alpha value is -1.89. The molecule has 0 atom stereocenters. The maximum atomic E-state index is 12.0. The van der Waals surface area contributed by atoms with E-state index in [-0.39, 0.29) is 24.3 Å². The number of benzene rings is 1. The van der Waals surface area contributed by atoms with Crippen LogP contribution in [0.2, 0.25) is 0 Å². The zero-order valence-corrected chi connectivity index (χ0v) is 16.0. The second kappa shape index (κ2) is 10.9. The quantitative estimate of drug-likeness (QED) is 0.703. The summed E-state index contributed by atoms with van der Waals surface area (Å²) in [5.74, 6) is -0.502. The van der Waals surface area contributed by atoms with Crippen molar-refractivity contribution in [2.45, 2.75) is 13.8 Å². The lowest BCUT2D eigenvalue weighted by Gasteiger charge is -2.17. The van der Waals surface area contributed by atoms with E-state index in [1.165, 1.54) is 11.3 Å². The third kappa shape index (κ3) is 6.49. The van der Waals surface area contributed by atoms with E-state index in [0.717, 1.165) is 19.6 Å². The van der Waals surface area contributed by atoms with Crippen molar-refractivity contribution in [3.8, 4) is 0 Å². The zero-order chi connectivity index (χ0) is 17.4. The van der Waals surface area contributed by atoms with Crippen molar-refractivity contribution in [3.05, 3.63) is 52.2 Å². The predicted octanol–water partition coefficient (Wildman–Crippen LogP) is 3.92. The zero-order valence-electron chi connectivity index (χ0n) is 14.4. The average molecular weight is 383 g/mol. The molecule has 0 aliphatic rings. The number of esters is 1. The van der Waals surface area contributed by atoms with Gasteiger partial charge < -0.3 is 15.0 Å². The Labute approximate surface area is 158 Å². The average Bonchev–Trinajstić information content (AvgIpc) is 3.14. The molecule has 5 nitrogen and oxygen atoms in total. The van der Waals surface area contributed by atoms with Gasteiger partial charge in [-0.25, -0.2) is 4.79 Å². The Bertz CT molecular complexity index is 655. The molecule has 1 heterocycles. The van der Waals surface area contributed by atoms with E-state index in [9.17, 15) is 9.59 Å². The molecule has 1 N–H and O–H groups in total. The van der Waals surface area contributed by atoms with Gasteiger partial charge in [-0.15, -0.1) is 23.7 Å². The molecule has 2 aromatic rings. The molecule has 0 unspecified atom stereocenters. The third-order valence-electron chi connectivity index (χ3n) is 3.66. The normalized spacial score (nSPS) is 10.2. The minimum absolute atomic E-state index is 0. The summed E-state index contributed by atoms with van der Waals surface area (Å²) in [5, 5.41) is 4.65. The molecular formula is C18H23ClN2O3S. The van der Waals surface area contributed by atoms with Crippen LogP contribution in [0, 0.1) is 0 Å². The van der Waals surface area contributed by atoms with E-state index >= 15 is 0 Å². The van der Waals surface area contributed by atoms with Gasteiger partial charge >= 0.3 is 5.97 Å². The fraction of sp³-hybridized carbons (Fsp3) is 0.333. The highest BCUT2D eigenvalue weighted by Gasteiger charge is 2.10. The highest BCUT2D eigenvalue weighted by Crippen LogP contribution is 2.14. The topological polar surface area (TPSA) is 58.6 Å². The summed E-state index contributed by atoms with van der Waals surface area (Å²) in [6.07, 6.45) is 0. The molecule has 0 fully saturated rings. The Balaban J connectivity index is 0.00000312. The van der Waals surface area contributed by atoms with Crippen LogP contribution in [0.1, 0.15) is 33.9 Å². The van der Waals surface area contributed by atoms with Crippen LogP contribution in [0.4, 0.5) is 5.69 Å². The Morgan fingerprint density at radius 3 is 2.36 bits per heavy atom. The minimum Gasteiger partial charge on any atom is -0.461 e. The highest BCUT2D eigenvalue weighted by atomic mass is 35.5. The van der Waals surface area contributed by atoms with Gasteiger partial charge in [0.15, 0.2) is 0 Å². The summed E-state index contributed by atoms with van der Waals surface area (Å²) in [6, 6.07) is 10.3.